The highest BCUT2D eigenvalue weighted by molar-refractivity contribution is 7.88. The molecule has 0 aliphatic carbocycles. The van der Waals surface area contributed by atoms with Crippen molar-refractivity contribution in [3.05, 3.63) is 35.6 Å². The van der Waals surface area contributed by atoms with Crippen LogP contribution in [0, 0.1) is 5.82 Å². The Bertz CT molecular complexity index is 656. The molecule has 1 heterocycles. The molecule has 6 nitrogen and oxygen atoms in total. The molecular formula is C16H24FN3O3S. The van der Waals surface area contributed by atoms with E-state index >= 15 is 0 Å². The standard InChI is InChI=1S/C16H24FN3O3S/c1-19(24(2,22)23)12-16(21)18-15-7-9-20(10-8-15)11-13-3-5-14(17)6-4-13/h3-6,15H,7-12H2,1-2H3,(H,18,21). The van der Waals surface area contributed by atoms with Gasteiger partial charge in [0.15, 0.2) is 0 Å². The topological polar surface area (TPSA) is 69.7 Å². The van der Waals surface area contributed by atoms with Gasteiger partial charge in [-0.05, 0) is 30.5 Å². The molecule has 0 radical (unpaired) electrons. The van der Waals surface area contributed by atoms with Crippen molar-refractivity contribution in [3.63, 3.8) is 0 Å². The Morgan fingerprint density at radius 1 is 1.29 bits per heavy atom. The molecule has 24 heavy (non-hydrogen) atoms. The molecule has 0 aromatic heterocycles. The molecular weight excluding hydrogens is 333 g/mol. The van der Waals surface area contributed by atoms with Crippen molar-refractivity contribution in [2.45, 2.75) is 25.4 Å². The van der Waals surface area contributed by atoms with E-state index in [2.05, 4.69) is 10.2 Å². The zero-order chi connectivity index (χ0) is 17.7. The van der Waals surface area contributed by atoms with Crippen molar-refractivity contribution >= 4 is 15.9 Å². The molecule has 0 saturated carbocycles. The summed E-state index contributed by atoms with van der Waals surface area (Å²) in [6.07, 6.45) is 2.71. The van der Waals surface area contributed by atoms with Gasteiger partial charge >= 0.3 is 0 Å². The van der Waals surface area contributed by atoms with E-state index in [9.17, 15) is 17.6 Å². The second-order valence-electron chi connectivity index (χ2n) is 6.26. The maximum absolute atomic E-state index is 12.9. The fraction of sp³-hybridized carbons (Fsp3) is 0.562. The van der Waals surface area contributed by atoms with E-state index in [1.54, 1.807) is 12.1 Å². The van der Waals surface area contributed by atoms with Crippen LogP contribution in [0.25, 0.3) is 0 Å². The Labute approximate surface area is 142 Å². The van der Waals surface area contributed by atoms with Crippen LogP contribution < -0.4 is 5.32 Å². The summed E-state index contributed by atoms with van der Waals surface area (Å²) in [6.45, 7) is 2.28. The summed E-state index contributed by atoms with van der Waals surface area (Å²) in [4.78, 5) is 14.2. The number of nitrogens with one attached hydrogen (secondary N) is 1. The van der Waals surface area contributed by atoms with Gasteiger partial charge in [0, 0.05) is 32.7 Å². The van der Waals surface area contributed by atoms with Crippen LogP contribution in [0.15, 0.2) is 24.3 Å². The molecule has 8 heteroatoms. The molecule has 1 saturated heterocycles. The van der Waals surface area contributed by atoms with Gasteiger partial charge < -0.3 is 5.32 Å². The van der Waals surface area contributed by atoms with Gasteiger partial charge in [0.25, 0.3) is 0 Å². The predicted octanol–water partition coefficient (Wildman–Crippen LogP) is 0.798. The van der Waals surface area contributed by atoms with Crippen LogP contribution in [-0.2, 0) is 21.4 Å². The average Bonchev–Trinajstić information content (AvgIpc) is 2.50. The Morgan fingerprint density at radius 3 is 2.42 bits per heavy atom. The number of likely N-dealkylation sites (tertiary alicyclic amines) is 1. The first-order valence-electron chi connectivity index (χ1n) is 7.91. The van der Waals surface area contributed by atoms with Crippen molar-refractivity contribution < 1.29 is 17.6 Å². The lowest BCUT2D eigenvalue weighted by molar-refractivity contribution is -0.122. The normalized spacial score (nSPS) is 17.2. The fourth-order valence-corrected chi connectivity index (χ4v) is 3.03. The number of sulfonamides is 1. The van der Waals surface area contributed by atoms with Gasteiger partial charge in [-0.3, -0.25) is 9.69 Å². The maximum atomic E-state index is 12.9. The van der Waals surface area contributed by atoms with E-state index in [1.165, 1.54) is 19.2 Å². The molecule has 1 aromatic rings. The van der Waals surface area contributed by atoms with E-state index in [-0.39, 0.29) is 24.3 Å². The lowest BCUT2D eigenvalue weighted by atomic mass is 10.0. The molecule has 1 N–H and O–H groups in total. The molecule has 0 atom stereocenters. The van der Waals surface area contributed by atoms with Gasteiger partial charge in [0.05, 0.1) is 12.8 Å². The minimum atomic E-state index is -3.35. The molecule has 2 rings (SSSR count). The molecule has 134 valence electrons. The minimum absolute atomic E-state index is 0.0647. The minimum Gasteiger partial charge on any atom is -0.352 e. The second kappa shape index (κ2) is 8.04. The number of piperidine rings is 1. The van der Waals surface area contributed by atoms with Crippen molar-refractivity contribution in [2.24, 2.45) is 0 Å². The van der Waals surface area contributed by atoms with Gasteiger partial charge in [-0.25, -0.2) is 12.8 Å². The van der Waals surface area contributed by atoms with E-state index in [1.807, 2.05) is 0 Å². The van der Waals surface area contributed by atoms with Crippen molar-refractivity contribution in [1.29, 1.82) is 0 Å². The van der Waals surface area contributed by atoms with Gasteiger partial charge in [-0.2, -0.15) is 4.31 Å². The van der Waals surface area contributed by atoms with Crippen LogP contribution >= 0.6 is 0 Å². The molecule has 1 aliphatic heterocycles. The summed E-state index contributed by atoms with van der Waals surface area (Å²) in [5, 5.41) is 2.89. The van der Waals surface area contributed by atoms with Crippen molar-refractivity contribution in [2.75, 3.05) is 32.9 Å². The van der Waals surface area contributed by atoms with Crippen LogP contribution in [0.5, 0.6) is 0 Å². The largest absolute Gasteiger partial charge is 0.352 e. The number of amides is 1. The van der Waals surface area contributed by atoms with Crippen LogP contribution in [0.1, 0.15) is 18.4 Å². The van der Waals surface area contributed by atoms with Crippen LogP contribution in [0.3, 0.4) is 0 Å². The predicted molar refractivity (Wildman–Crippen MR) is 90.3 cm³/mol. The number of hydrogen-bond donors (Lipinski definition) is 1. The number of benzene rings is 1. The summed E-state index contributed by atoms with van der Waals surface area (Å²) in [5.74, 6) is -0.515. The van der Waals surface area contributed by atoms with Gasteiger partial charge in [-0.15, -0.1) is 0 Å². The highest BCUT2D eigenvalue weighted by Crippen LogP contribution is 2.14. The number of carbonyl (C=O) groups excluding carboxylic acids is 1. The van der Waals surface area contributed by atoms with E-state index in [0.29, 0.717) is 0 Å². The smallest absolute Gasteiger partial charge is 0.235 e. The number of halogens is 1. The lowest BCUT2D eigenvalue weighted by Gasteiger charge is -2.32. The molecule has 1 aromatic carbocycles. The van der Waals surface area contributed by atoms with Gasteiger partial charge in [-0.1, -0.05) is 12.1 Å². The molecule has 1 fully saturated rings. The Morgan fingerprint density at radius 2 is 1.88 bits per heavy atom. The molecule has 0 spiro atoms. The van der Waals surface area contributed by atoms with E-state index in [0.717, 1.165) is 48.6 Å². The highest BCUT2D eigenvalue weighted by Gasteiger charge is 2.22. The number of carbonyl (C=O) groups is 1. The Kier molecular flexibility index (Phi) is 6.31. The lowest BCUT2D eigenvalue weighted by Crippen LogP contribution is -2.47. The first-order chi connectivity index (χ1) is 11.2. The van der Waals surface area contributed by atoms with Crippen molar-refractivity contribution in [3.8, 4) is 0 Å². The van der Waals surface area contributed by atoms with Crippen LogP contribution in [0.2, 0.25) is 0 Å². The summed E-state index contributed by atoms with van der Waals surface area (Å²) >= 11 is 0. The highest BCUT2D eigenvalue weighted by atomic mass is 32.2. The molecule has 1 amide bonds. The fourth-order valence-electron chi connectivity index (χ4n) is 2.68. The number of likely N-dealkylation sites (N-methyl/N-ethyl adjacent to an activating group) is 1. The maximum Gasteiger partial charge on any atom is 0.235 e. The first-order valence-corrected chi connectivity index (χ1v) is 9.76. The number of hydrogen-bond acceptors (Lipinski definition) is 4. The number of rotatable bonds is 6. The third-order valence-electron chi connectivity index (χ3n) is 4.20. The summed E-state index contributed by atoms with van der Waals surface area (Å²) in [7, 11) is -1.96. The van der Waals surface area contributed by atoms with Gasteiger partial charge in [0.1, 0.15) is 5.82 Å². The summed E-state index contributed by atoms with van der Waals surface area (Å²) < 4.78 is 36.6. The number of nitrogens with zero attached hydrogens (tertiary/aromatic N) is 2. The average molecular weight is 357 g/mol. The third kappa shape index (κ3) is 5.85. The molecule has 1 aliphatic rings. The second-order valence-corrected chi connectivity index (χ2v) is 8.35. The van der Waals surface area contributed by atoms with Crippen LogP contribution in [0.4, 0.5) is 4.39 Å². The third-order valence-corrected chi connectivity index (χ3v) is 5.47. The first kappa shape index (κ1) is 18.8. The van der Waals surface area contributed by atoms with Gasteiger partial charge in [0.2, 0.25) is 15.9 Å². The Balaban J connectivity index is 1.74. The van der Waals surface area contributed by atoms with E-state index < -0.39 is 10.0 Å². The van der Waals surface area contributed by atoms with E-state index in [4.69, 9.17) is 0 Å². The Hall–Kier alpha value is -1.51. The quantitative estimate of drug-likeness (QED) is 0.818. The van der Waals surface area contributed by atoms with Crippen molar-refractivity contribution in [1.82, 2.24) is 14.5 Å². The summed E-state index contributed by atoms with van der Waals surface area (Å²) in [5.41, 5.74) is 1.06. The summed E-state index contributed by atoms with van der Waals surface area (Å²) in [6, 6.07) is 6.55. The zero-order valence-electron chi connectivity index (χ0n) is 14.0. The molecule has 0 bridgehead atoms. The zero-order valence-corrected chi connectivity index (χ0v) is 14.9. The van der Waals surface area contributed by atoms with Crippen LogP contribution in [-0.4, -0.2) is 62.5 Å². The molecule has 0 unspecified atom stereocenters. The monoisotopic (exact) mass is 357 g/mol. The SMILES string of the molecule is CN(CC(=O)NC1CCN(Cc2ccc(F)cc2)CC1)S(C)(=O)=O.